The third-order valence-electron chi connectivity index (χ3n) is 4.75. The Morgan fingerprint density at radius 3 is 2.15 bits per heavy atom. The molecule has 0 bridgehead atoms. The van der Waals surface area contributed by atoms with Gasteiger partial charge in [0.15, 0.2) is 0 Å². The lowest BCUT2D eigenvalue weighted by Crippen LogP contribution is -2.35. The van der Waals surface area contributed by atoms with Crippen molar-refractivity contribution in [3.05, 3.63) is 95.3 Å². The normalized spacial score (nSPS) is 12.1. The maximum atomic E-state index is 13.1. The second-order valence-electron chi connectivity index (χ2n) is 7.08. The van der Waals surface area contributed by atoms with Gasteiger partial charge >= 0.3 is 12.2 Å². The number of nitrogens with zero attached hydrogens (tertiary/aromatic N) is 1. The van der Waals surface area contributed by atoms with Crippen LogP contribution in [0.4, 0.5) is 33.7 Å². The van der Waals surface area contributed by atoms with Crippen molar-refractivity contribution in [3.8, 4) is 0 Å². The van der Waals surface area contributed by atoms with Gasteiger partial charge in [-0.1, -0.05) is 37.1 Å². The van der Waals surface area contributed by atoms with Gasteiger partial charge in [-0.3, -0.25) is 4.79 Å². The maximum absolute atomic E-state index is 13.1. The quantitative estimate of drug-likeness (QED) is 0.302. The zero-order valence-corrected chi connectivity index (χ0v) is 18.1. The molecule has 0 aromatic heterocycles. The Hall–Kier alpha value is -3.53. The van der Waals surface area contributed by atoms with Crippen molar-refractivity contribution in [1.29, 1.82) is 0 Å². The molecule has 0 saturated heterocycles. The zero-order chi connectivity index (χ0) is 24.2. The minimum absolute atomic E-state index is 0.238. The molecule has 0 radical (unpaired) electrons. The summed E-state index contributed by atoms with van der Waals surface area (Å²) in [6.45, 7) is 1.73. The minimum atomic E-state index is -4.66. The number of amides is 3. The fourth-order valence-electron chi connectivity index (χ4n) is 3.01. The molecule has 3 aromatic rings. The standard InChI is InChI=1S/C23H19F4N3O2S/c1-14(15-6-8-16(24)9-7-15)28-22(32)30(33)18-12-10-17(11-13-18)29-21(31)19-4-2-3-5-20(19)23(25,26)27/h2-14,33H,1H3,(H,28,32)(H,29,31). The third kappa shape index (κ3) is 6.04. The summed E-state index contributed by atoms with van der Waals surface area (Å²) in [6.07, 6.45) is -4.66. The average molecular weight is 477 g/mol. The van der Waals surface area contributed by atoms with Crippen molar-refractivity contribution in [2.45, 2.75) is 19.1 Å². The van der Waals surface area contributed by atoms with E-state index in [4.69, 9.17) is 0 Å². The molecule has 0 aliphatic carbocycles. The first-order valence-corrected chi connectivity index (χ1v) is 10.1. The molecule has 0 heterocycles. The predicted octanol–water partition coefficient (Wildman–Crippen LogP) is 6.22. The Labute approximate surface area is 193 Å². The Kier molecular flexibility index (Phi) is 7.27. The lowest BCUT2D eigenvalue weighted by Gasteiger charge is -2.21. The van der Waals surface area contributed by atoms with Crippen LogP contribution < -0.4 is 14.9 Å². The van der Waals surface area contributed by atoms with Crippen LogP contribution in [0.15, 0.2) is 72.8 Å². The number of hydrogen-bond donors (Lipinski definition) is 3. The Morgan fingerprint density at radius 1 is 0.939 bits per heavy atom. The molecular formula is C23H19F4N3O2S. The molecule has 0 aliphatic heterocycles. The van der Waals surface area contributed by atoms with E-state index < -0.39 is 35.3 Å². The van der Waals surface area contributed by atoms with Crippen molar-refractivity contribution >= 4 is 36.1 Å². The average Bonchev–Trinajstić information content (AvgIpc) is 2.79. The molecule has 0 aliphatic rings. The topological polar surface area (TPSA) is 61.4 Å². The van der Waals surface area contributed by atoms with Crippen LogP contribution in [0.5, 0.6) is 0 Å². The fourth-order valence-corrected chi connectivity index (χ4v) is 3.20. The van der Waals surface area contributed by atoms with Crippen LogP contribution in [-0.2, 0) is 6.18 Å². The van der Waals surface area contributed by atoms with E-state index in [-0.39, 0.29) is 11.5 Å². The zero-order valence-electron chi connectivity index (χ0n) is 17.2. The van der Waals surface area contributed by atoms with Gasteiger partial charge in [0.1, 0.15) is 5.82 Å². The smallest absolute Gasteiger partial charge is 0.330 e. The fraction of sp³-hybridized carbons (Fsp3) is 0.130. The molecule has 0 fully saturated rings. The summed E-state index contributed by atoms with van der Waals surface area (Å²) in [5.74, 6) is -1.30. The Morgan fingerprint density at radius 2 is 1.55 bits per heavy atom. The van der Waals surface area contributed by atoms with E-state index in [9.17, 15) is 27.2 Å². The van der Waals surface area contributed by atoms with Gasteiger partial charge in [-0.05, 0) is 61.0 Å². The van der Waals surface area contributed by atoms with Gasteiger partial charge in [0, 0.05) is 5.69 Å². The Bertz CT molecular complexity index is 1140. The molecule has 33 heavy (non-hydrogen) atoms. The van der Waals surface area contributed by atoms with Gasteiger partial charge in [-0.2, -0.15) is 13.2 Å². The van der Waals surface area contributed by atoms with Gasteiger partial charge in [0.25, 0.3) is 5.91 Å². The van der Waals surface area contributed by atoms with Crippen molar-refractivity contribution < 1.29 is 27.2 Å². The highest BCUT2D eigenvalue weighted by Gasteiger charge is 2.34. The van der Waals surface area contributed by atoms with E-state index in [2.05, 4.69) is 23.4 Å². The number of carbonyl (C=O) groups excluding carboxylic acids is 2. The molecule has 10 heteroatoms. The van der Waals surface area contributed by atoms with Crippen LogP contribution in [0.2, 0.25) is 0 Å². The van der Waals surface area contributed by atoms with E-state index in [1.807, 2.05) is 0 Å². The van der Waals surface area contributed by atoms with Crippen LogP contribution in [0, 0.1) is 5.82 Å². The number of alkyl halides is 3. The first-order valence-electron chi connectivity index (χ1n) is 9.69. The van der Waals surface area contributed by atoms with E-state index in [1.165, 1.54) is 48.5 Å². The molecule has 1 unspecified atom stereocenters. The maximum Gasteiger partial charge on any atom is 0.417 e. The van der Waals surface area contributed by atoms with E-state index in [0.717, 1.165) is 16.4 Å². The molecule has 3 rings (SSSR count). The number of urea groups is 1. The number of rotatable bonds is 5. The number of anilines is 2. The van der Waals surface area contributed by atoms with E-state index in [1.54, 1.807) is 19.1 Å². The summed E-state index contributed by atoms with van der Waals surface area (Å²) in [5.41, 5.74) is -0.242. The monoisotopic (exact) mass is 477 g/mol. The number of benzene rings is 3. The largest absolute Gasteiger partial charge is 0.417 e. The second-order valence-corrected chi connectivity index (χ2v) is 7.48. The Balaban J connectivity index is 1.65. The van der Waals surface area contributed by atoms with Gasteiger partial charge in [-0.15, -0.1) is 0 Å². The third-order valence-corrected chi connectivity index (χ3v) is 5.16. The summed E-state index contributed by atoms with van der Waals surface area (Å²) in [6, 6.07) is 15.0. The summed E-state index contributed by atoms with van der Waals surface area (Å²) in [5, 5.41) is 5.13. The number of halogens is 4. The van der Waals surface area contributed by atoms with Crippen LogP contribution in [0.1, 0.15) is 34.5 Å². The number of nitrogens with one attached hydrogen (secondary N) is 2. The van der Waals surface area contributed by atoms with Crippen LogP contribution in [0.25, 0.3) is 0 Å². The predicted molar refractivity (Wildman–Crippen MR) is 121 cm³/mol. The van der Waals surface area contributed by atoms with Crippen LogP contribution in [0.3, 0.4) is 0 Å². The highest BCUT2D eigenvalue weighted by atomic mass is 32.1. The molecular weight excluding hydrogens is 458 g/mol. The molecule has 2 N–H and O–H groups in total. The molecule has 172 valence electrons. The summed E-state index contributed by atoms with van der Waals surface area (Å²) in [7, 11) is 0. The lowest BCUT2D eigenvalue weighted by atomic mass is 10.1. The van der Waals surface area contributed by atoms with Crippen molar-refractivity contribution in [3.63, 3.8) is 0 Å². The molecule has 3 amide bonds. The van der Waals surface area contributed by atoms with E-state index in [0.29, 0.717) is 11.3 Å². The van der Waals surface area contributed by atoms with Crippen LogP contribution >= 0.6 is 12.8 Å². The molecule has 1 atom stereocenters. The second kappa shape index (κ2) is 9.95. The molecule has 5 nitrogen and oxygen atoms in total. The van der Waals surface area contributed by atoms with Crippen LogP contribution in [-0.4, -0.2) is 11.9 Å². The highest BCUT2D eigenvalue weighted by molar-refractivity contribution is 7.82. The van der Waals surface area contributed by atoms with Crippen molar-refractivity contribution in [1.82, 2.24) is 5.32 Å². The van der Waals surface area contributed by atoms with Crippen molar-refractivity contribution in [2.24, 2.45) is 0 Å². The minimum Gasteiger partial charge on any atom is -0.330 e. The van der Waals surface area contributed by atoms with Gasteiger partial charge in [-0.25, -0.2) is 13.5 Å². The summed E-state index contributed by atoms with van der Waals surface area (Å²) >= 11 is 4.17. The van der Waals surface area contributed by atoms with Crippen molar-refractivity contribution in [2.75, 3.05) is 9.62 Å². The van der Waals surface area contributed by atoms with Gasteiger partial charge in [0.05, 0.1) is 22.9 Å². The van der Waals surface area contributed by atoms with Gasteiger partial charge in [0.2, 0.25) is 0 Å². The highest BCUT2D eigenvalue weighted by Crippen LogP contribution is 2.32. The van der Waals surface area contributed by atoms with E-state index >= 15 is 0 Å². The molecule has 3 aromatic carbocycles. The summed E-state index contributed by atoms with van der Waals surface area (Å²) in [4.78, 5) is 24.8. The van der Waals surface area contributed by atoms with Gasteiger partial charge < -0.3 is 10.6 Å². The molecule has 0 spiro atoms. The number of thiol groups is 1. The molecule has 0 saturated carbocycles. The first kappa shape index (κ1) is 24.1. The number of hydrogen-bond acceptors (Lipinski definition) is 3. The summed E-state index contributed by atoms with van der Waals surface area (Å²) < 4.78 is 53.5. The first-order chi connectivity index (χ1) is 15.6. The SMILES string of the molecule is CC(NC(=O)N(S)c1ccc(NC(=O)c2ccccc2C(F)(F)F)cc1)c1ccc(F)cc1. The number of carbonyl (C=O) groups is 2. The lowest BCUT2D eigenvalue weighted by molar-refractivity contribution is -0.137.